The average Bonchev–Trinajstić information content (AvgIpc) is 2.63. The van der Waals surface area contributed by atoms with E-state index in [1.165, 1.54) is 0 Å². The van der Waals surface area contributed by atoms with E-state index in [9.17, 15) is 0 Å². The van der Waals surface area contributed by atoms with Gasteiger partial charge in [0.05, 0.1) is 17.7 Å². The summed E-state index contributed by atoms with van der Waals surface area (Å²) >= 11 is 5.78. The molecule has 0 aliphatic heterocycles. The average molecular weight is 373 g/mol. The van der Waals surface area contributed by atoms with Crippen molar-refractivity contribution in [3.63, 3.8) is 0 Å². The van der Waals surface area contributed by atoms with Crippen LogP contribution in [0.2, 0.25) is 5.15 Å². The van der Waals surface area contributed by atoms with Crippen LogP contribution in [0.1, 0.15) is 36.1 Å². The van der Waals surface area contributed by atoms with Crippen molar-refractivity contribution >= 4 is 29.3 Å². The predicted octanol–water partition coefficient (Wildman–Crippen LogP) is 4.90. The second-order valence-electron chi connectivity index (χ2n) is 6.21. The first-order valence-corrected chi connectivity index (χ1v) is 8.91. The first-order chi connectivity index (χ1) is 12.4. The van der Waals surface area contributed by atoms with Gasteiger partial charge in [0.15, 0.2) is 0 Å². The topological polar surface area (TPSA) is 50.1 Å². The maximum atomic E-state index is 5.78. The number of nitrogens with zero attached hydrogens (tertiary/aromatic N) is 4. The molecule has 0 aliphatic rings. The number of aliphatic imine (C=N–C) groups is 1. The van der Waals surface area contributed by atoms with Gasteiger partial charge in [0.25, 0.3) is 0 Å². The third kappa shape index (κ3) is 5.56. The summed E-state index contributed by atoms with van der Waals surface area (Å²) in [5, 5.41) is 4.71. The van der Waals surface area contributed by atoms with Crippen LogP contribution in [0.4, 0.5) is 5.69 Å². The lowest BCUT2D eigenvalue weighted by Crippen LogP contribution is -2.14. The molecular formula is C20H25ClN4O. The Morgan fingerprint density at radius 2 is 2.04 bits per heavy atom. The van der Waals surface area contributed by atoms with Crippen molar-refractivity contribution in [2.24, 2.45) is 10.1 Å². The highest BCUT2D eigenvalue weighted by atomic mass is 35.5. The van der Waals surface area contributed by atoms with Crippen LogP contribution in [-0.4, -0.2) is 35.5 Å². The summed E-state index contributed by atoms with van der Waals surface area (Å²) in [6.45, 7) is 9.41. The van der Waals surface area contributed by atoms with Crippen molar-refractivity contribution in [2.45, 2.75) is 34.3 Å². The van der Waals surface area contributed by atoms with E-state index >= 15 is 0 Å². The third-order valence-corrected chi connectivity index (χ3v) is 4.27. The van der Waals surface area contributed by atoms with Gasteiger partial charge in [-0.05, 0) is 57.0 Å². The van der Waals surface area contributed by atoms with E-state index < -0.39 is 0 Å². The van der Waals surface area contributed by atoms with E-state index in [2.05, 4.69) is 48.0 Å². The summed E-state index contributed by atoms with van der Waals surface area (Å²) < 4.78 is 0. The predicted molar refractivity (Wildman–Crippen MR) is 109 cm³/mol. The normalized spacial score (nSPS) is 11.8. The van der Waals surface area contributed by atoms with Gasteiger partial charge in [-0.1, -0.05) is 22.8 Å². The van der Waals surface area contributed by atoms with Gasteiger partial charge in [0.1, 0.15) is 11.8 Å². The molecule has 6 heteroatoms. The van der Waals surface area contributed by atoms with Crippen molar-refractivity contribution in [3.05, 3.63) is 57.9 Å². The van der Waals surface area contributed by atoms with Crippen LogP contribution < -0.4 is 0 Å². The summed E-state index contributed by atoms with van der Waals surface area (Å²) in [7, 11) is 2.00. The Balaban J connectivity index is 2.10. The molecule has 0 atom stereocenters. The summed E-state index contributed by atoms with van der Waals surface area (Å²) in [4.78, 5) is 16.1. The number of oxime groups is 1. The molecule has 1 aromatic carbocycles. The van der Waals surface area contributed by atoms with E-state index in [1.54, 1.807) is 12.3 Å². The highest BCUT2D eigenvalue weighted by molar-refractivity contribution is 6.29. The van der Waals surface area contributed by atoms with Crippen LogP contribution in [0.3, 0.4) is 0 Å². The van der Waals surface area contributed by atoms with Gasteiger partial charge in [-0.2, -0.15) is 0 Å². The highest BCUT2D eigenvalue weighted by Crippen LogP contribution is 2.24. The number of pyridine rings is 1. The zero-order valence-electron chi connectivity index (χ0n) is 16.0. The fraction of sp³-hybridized carbons (Fsp3) is 0.350. The van der Waals surface area contributed by atoms with Gasteiger partial charge >= 0.3 is 0 Å². The molecular weight excluding hydrogens is 348 g/mol. The summed E-state index contributed by atoms with van der Waals surface area (Å²) in [6.07, 6.45) is 3.54. The number of rotatable bonds is 7. The molecule has 1 heterocycles. The molecule has 0 fully saturated rings. The van der Waals surface area contributed by atoms with Crippen LogP contribution in [0, 0.1) is 13.8 Å². The van der Waals surface area contributed by atoms with E-state index in [-0.39, 0.29) is 0 Å². The summed E-state index contributed by atoms with van der Waals surface area (Å²) in [5.41, 5.74) is 5.98. The maximum absolute atomic E-state index is 5.78. The lowest BCUT2D eigenvalue weighted by atomic mass is 10.0. The van der Waals surface area contributed by atoms with Gasteiger partial charge in [0.2, 0.25) is 0 Å². The molecule has 2 rings (SSSR count). The fourth-order valence-electron chi connectivity index (χ4n) is 2.32. The molecule has 138 valence electrons. The van der Waals surface area contributed by atoms with Gasteiger partial charge in [0, 0.05) is 30.9 Å². The molecule has 0 unspecified atom stereocenters. The van der Waals surface area contributed by atoms with Crippen LogP contribution >= 0.6 is 11.6 Å². The SMILES string of the molecule is CCN(C)/C=N\c1cc(C)c(/C(C)=N/OCc2ccc(Cl)nc2)cc1C. The third-order valence-electron chi connectivity index (χ3n) is 4.05. The molecule has 0 amide bonds. The zero-order valence-corrected chi connectivity index (χ0v) is 16.7. The molecule has 0 aliphatic carbocycles. The Morgan fingerprint density at radius 1 is 1.27 bits per heavy atom. The molecule has 0 N–H and O–H groups in total. The number of benzene rings is 1. The monoisotopic (exact) mass is 372 g/mol. The van der Waals surface area contributed by atoms with Crippen LogP contribution in [0.25, 0.3) is 0 Å². The van der Waals surface area contributed by atoms with Gasteiger partial charge in [-0.15, -0.1) is 0 Å². The molecule has 0 spiro atoms. The molecule has 0 saturated heterocycles. The molecule has 1 aromatic heterocycles. The second kappa shape index (κ2) is 9.34. The molecule has 0 saturated carbocycles. The van der Waals surface area contributed by atoms with E-state index in [4.69, 9.17) is 16.4 Å². The minimum Gasteiger partial charge on any atom is -0.391 e. The first kappa shape index (κ1) is 19.9. The quantitative estimate of drug-likeness (QED) is 0.300. The van der Waals surface area contributed by atoms with Crippen molar-refractivity contribution < 1.29 is 4.84 Å². The smallest absolute Gasteiger partial charge is 0.143 e. The maximum Gasteiger partial charge on any atom is 0.143 e. The Hall–Kier alpha value is -2.40. The first-order valence-electron chi connectivity index (χ1n) is 8.53. The Morgan fingerprint density at radius 3 is 2.69 bits per heavy atom. The number of hydrogen-bond acceptors (Lipinski definition) is 4. The van der Waals surface area contributed by atoms with Crippen molar-refractivity contribution in [3.8, 4) is 0 Å². The van der Waals surface area contributed by atoms with Crippen molar-refractivity contribution in [2.75, 3.05) is 13.6 Å². The number of aromatic nitrogens is 1. The molecule has 26 heavy (non-hydrogen) atoms. The highest BCUT2D eigenvalue weighted by Gasteiger charge is 2.07. The Labute approximate surface area is 160 Å². The lowest BCUT2D eigenvalue weighted by Gasteiger charge is -2.11. The Bertz CT molecular complexity index is 800. The second-order valence-corrected chi connectivity index (χ2v) is 6.60. The van der Waals surface area contributed by atoms with Gasteiger partial charge in [-0.3, -0.25) is 0 Å². The standard InChI is InChI=1S/C20H25ClN4O/c1-6-25(5)13-23-19-10-14(2)18(9-15(19)3)16(4)24-26-12-17-7-8-20(21)22-11-17/h7-11,13H,6,12H2,1-5H3/b23-13-,24-16+. The minimum absolute atomic E-state index is 0.352. The fourth-order valence-corrected chi connectivity index (χ4v) is 2.43. The minimum atomic E-state index is 0.352. The molecule has 5 nitrogen and oxygen atoms in total. The van der Waals surface area contributed by atoms with Crippen LogP contribution in [-0.2, 0) is 11.4 Å². The number of hydrogen-bond donors (Lipinski definition) is 0. The van der Waals surface area contributed by atoms with Gasteiger partial charge in [-0.25, -0.2) is 9.98 Å². The van der Waals surface area contributed by atoms with Gasteiger partial charge < -0.3 is 9.74 Å². The number of aryl methyl sites for hydroxylation is 2. The van der Waals surface area contributed by atoms with Crippen molar-refractivity contribution in [1.82, 2.24) is 9.88 Å². The summed E-state index contributed by atoms with van der Waals surface area (Å²) in [5.74, 6) is 0. The van der Waals surface area contributed by atoms with Crippen LogP contribution in [0.15, 0.2) is 40.6 Å². The van der Waals surface area contributed by atoms with Crippen LogP contribution in [0.5, 0.6) is 0 Å². The van der Waals surface area contributed by atoms with E-state index in [1.807, 2.05) is 31.3 Å². The van der Waals surface area contributed by atoms with E-state index in [0.717, 1.165) is 40.2 Å². The largest absolute Gasteiger partial charge is 0.391 e. The molecule has 0 radical (unpaired) electrons. The Kier molecular flexibility index (Phi) is 7.16. The van der Waals surface area contributed by atoms with Crippen molar-refractivity contribution in [1.29, 1.82) is 0 Å². The number of halogens is 1. The summed E-state index contributed by atoms with van der Waals surface area (Å²) in [6, 6.07) is 7.78. The molecule has 2 aromatic rings. The lowest BCUT2D eigenvalue weighted by molar-refractivity contribution is 0.130. The van der Waals surface area contributed by atoms with E-state index in [0.29, 0.717) is 11.8 Å². The molecule has 0 bridgehead atoms. The zero-order chi connectivity index (χ0) is 19.1.